The zero-order valence-corrected chi connectivity index (χ0v) is 16.9. The van der Waals surface area contributed by atoms with E-state index < -0.39 is 10.0 Å². The van der Waals surface area contributed by atoms with E-state index in [1.54, 1.807) is 19.1 Å². The fourth-order valence-electron chi connectivity index (χ4n) is 2.50. The minimum Gasteiger partial charge on any atom is -0.455 e. The molecule has 0 spiro atoms. The van der Waals surface area contributed by atoms with Crippen LogP contribution in [0.15, 0.2) is 33.6 Å². The summed E-state index contributed by atoms with van der Waals surface area (Å²) in [5.41, 5.74) is 2.45. The van der Waals surface area contributed by atoms with E-state index in [9.17, 15) is 13.2 Å². The Hall–Kier alpha value is -2.12. The summed E-state index contributed by atoms with van der Waals surface area (Å²) < 4.78 is 33.6. The lowest BCUT2D eigenvalue weighted by Crippen LogP contribution is -2.25. The molecule has 1 aromatic carbocycles. The molecule has 0 unspecified atom stereocenters. The molecular weight excluding hydrogens is 352 g/mol. The van der Waals surface area contributed by atoms with Gasteiger partial charge < -0.3 is 9.73 Å². The van der Waals surface area contributed by atoms with Gasteiger partial charge in [-0.15, -0.1) is 0 Å². The van der Waals surface area contributed by atoms with Crippen LogP contribution >= 0.6 is 0 Å². The number of sulfonamides is 1. The predicted octanol–water partition coefficient (Wildman–Crippen LogP) is 3.03. The smallest absolute Gasteiger partial charge is 0.286 e. The molecule has 0 aliphatic heterocycles. The van der Waals surface area contributed by atoms with E-state index in [1.165, 1.54) is 13.1 Å². The van der Waals surface area contributed by atoms with Crippen molar-refractivity contribution in [2.24, 2.45) is 0 Å². The molecule has 0 saturated heterocycles. The number of benzene rings is 1. The molecule has 0 fully saturated rings. The van der Waals surface area contributed by atoms with Gasteiger partial charge in [0.2, 0.25) is 10.0 Å². The highest BCUT2D eigenvalue weighted by molar-refractivity contribution is 7.89. The van der Waals surface area contributed by atoms with E-state index in [0.717, 1.165) is 16.7 Å². The Morgan fingerprint density at radius 3 is 2.38 bits per heavy atom. The molecule has 0 radical (unpaired) electrons. The molecule has 0 aliphatic carbocycles. The largest absolute Gasteiger partial charge is 0.455 e. The third-order valence-corrected chi connectivity index (χ3v) is 5.85. The fourth-order valence-corrected chi connectivity index (χ4v) is 3.84. The summed E-state index contributed by atoms with van der Waals surface area (Å²) in [6.45, 7) is 9.81. The molecule has 0 atom stereocenters. The average molecular weight is 378 g/mol. The average Bonchev–Trinajstić information content (AvgIpc) is 3.02. The first-order valence-electron chi connectivity index (χ1n) is 8.38. The third-order valence-electron chi connectivity index (χ3n) is 4.32. The van der Waals surface area contributed by atoms with E-state index in [0.29, 0.717) is 5.76 Å². The van der Waals surface area contributed by atoms with E-state index in [1.807, 2.05) is 33.8 Å². The van der Waals surface area contributed by atoms with Crippen molar-refractivity contribution in [1.82, 2.24) is 10.0 Å². The number of hydrogen-bond donors (Lipinski definition) is 2. The third kappa shape index (κ3) is 4.34. The molecule has 1 heterocycles. The molecule has 2 N–H and O–H groups in total. The predicted molar refractivity (Wildman–Crippen MR) is 101 cm³/mol. The second-order valence-corrected chi connectivity index (χ2v) is 9.07. The van der Waals surface area contributed by atoms with Crippen LogP contribution in [-0.2, 0) is 22.0 Å². The first kappa shape index (κ1) is 20.2. The number of furan rings is 1. The maximum absolute atomic E-state index is 12.8. The molecule has 1 aromatic heterocycles. The Labute approximate surface area is 155 Å². The SMILES string of the molecule is CNC(=O)c1ccc(CNS(=O)(=O)c2cc(C(C)(C)C)cc(C)c2C)o1. The number of aryl methyl sites for hydroxylation is 1. The Morgan fingerprint density at radius 1 is 1.15 bits per heavy atom. The molecule has 0 bridgehead atoms. The Morgan fingerprint density at radius 2 is 1.81 bits per heavy atom. The lowest BCUT2D eigenvalue weighted by molar-refractivity contribution is 0.0934. The van der Waals surface area contributed by atoms with Crippen molar-refractivity contribution in [3.05, 3.63) is 52.5 Å². The van der Waals surface area contributed by atoms with Crippen LogP contribution in [0.25, 0.3) is 0 Å². The highest BCUT2D eigenvalue weighted by Gasteiger charge is 2.23. The van der Waals surface area contributed by atoms with Gasteiger partial charge in [-0.3, -0.25) is 4.79 Å². The molecule has 1 amide bonds. The van der Waals surface area contributed by atoms with Crippen molar-refractivity contribution in [3.63, 3.8) is 0 Å². The van der Waals surface area contributed by atoms with Gasteiger partial charge in [0.1, 0.15) is 5.76 Å². The van der Waals surface area contributed by atoms with Crippen molar-refractivity contribution in [1.29, 1.82) is 0 Å². The topological polar surface area (TPSA) is 88.4 Å². The molecule has 0 aliphatic rings. The number of carbonyl (C=O) groups excluding carboxylic acids is 1. The number of rotatable bonds is 5. The lowest BCUT2D eigenvalue weighted by Gasteiger charge is -2.22. The van der Waals surface area contributed by atoms with Gasteiger partial charge >= 0.3 is 0 Å². The van der Waals surface area contributed by atoms with Crippen LogP contribution in [0.1, 0.15) is 53.8 Å². The molecule has 26 heavy (non-hydrogen) atoms. The van der Waals surface area contributed by atoms with E-state index in [2.05, 4.69) is 10.0 Å². The quantitative estimate of drug-likeness (QED) is 0.837. The molecule has 2 aromatic rings. The van der Waals surface area contributed by atoms with Crippen molar-refractivity contribution in [2.75, 3.05) is 7.05 Å². The normalized spacial score (nSPS) is 12.2. The van der Waals surface area contributed by atoms with Crippen LogP contribution < -0.4 is 10.0 Å². The molecule has 6 nitrogen and oxygen atoms in total. The number of amides is 1. The van der Waals surface area contributed by atoms with Gasteiger partial charge in [0.05, 0.1) is 11.4 Å². The van der Waals surface area contributed by atoms with Crippen LogP contribution in [0.3, 0.4) is 0 Å². The van der Waals surface area contributed by atoms with Crippen LogP contribution in [-0.4, -0.2) is 21.4 Å². The Bertz CT molecular complexity index is 922. The highest BCUT2D eigenvalue weighted by Crippen LogP contribution is 2.29. The molecule has 0 saturated carbocycles. The fraction of sp³-hybridized carbons (Fsp3) is 0.421. The van der Waals surface area contributed by atoms with Crippen molar-refractivity contribution in [2.45, 2.75) is 51.5 Å². The molecular formula is C19H26N2O4S. The summed E-state index contributed by atoms with van der Waals surface area (Å²) in [5.74, 6) is 0.153. The Balaban J connectivity index is 2.29. The van der Waals surface area contributed by atoms with Gasteiger partial charge in [0.25, 0.3) is 5.91 Å². The first-order valence-corrected chi connectivity index (χ1v) is 9.86. The number of hydrogen-bond acceptors (Lipinski definition) is 4. The van der Waals surface area contributed by atoms with E-state index in [4.69, 9.17) is 4.42 Å². The van der Waals surface area contributed by atoms with Crippen LogP contribution in [0.2, 0.25) is 0 Å². The summed E-state index contributed by atoms with van der Waals surface area (Å²) in [6, 6.07) is 6.84. The first-order chi connectivity index (χ1) is 12.0. The van der Waals surface area contributed by atoms with Crippen LogP contribution in [0.4, 0.5) is 0 Å². The molecule has 142 valence electrons. The summed E-state index contributed by atoms with van der Waals surface area (Å²) in [5, 5.41) is 2.46. The Kier molecular flexibility index (Phi) is 5.63. The van der Waals surface area contributed by atoms with Gasteiger partial charge in [-0.05, 0) is 54.2 Å². The van der Waals surface area contributed by atoms with Gasteiger partial charge in [0, 0.05) is 7.05 Å². The zero-order chi connectivity index (χ0) is 19.7. The number of carbonyl (C=O) groups is 1. The van der Waals surface area contributed by atoms with E-state index >= 15 is 0 Å². The second kappa shape index (κ2) is 7.25. The van der Waals surface area contributed by atoms with Gasteiger partial charge in [-0.1, -0.05) is 26.8 Å². The summed E-state index contributed by atoms with van der Waals surface area (Å²) in [4.78, 5) is 11.8. The van der Waals surface area contributed by atoms with Crippen LogP contribution in [0, 0.1) is 13.8 Å². The highest BCUT2D eigenvalue weighted by atomic mass is 32.2. The van der Waals surface area contributed by atoms with Gasteiger partial charge in [-0.2, -0.15) is 0 Å². The molecule has 2 rings (SSSR count). The van der Waals surface area contributed by atoms with Crippen molar-refractivity contribution in [3.8, 4) is 0 Å². The summed E-state index contributed by atoms with van der Waals surface area (Å²) in [6.07, 6.45) is 0. The minimum absolute atomic E-state index is 0.0302. The summed E-state index contributed by atoms with van der Waals surface area (Å²) in [7, 11) is -2.22. The van der Waals surface area contributed by atoms with Gasteiger partial charge in [-0.25, -0.2) is 13.1 Å². The van der Waals surface area contributed by atoms with Crippen molar-refractivity contribution >= 4 is 15.9 Å². The maximum atomic E-state index is 12.8. The van der Waals surface area contributed by atoms with Crippen molar-refractivity contribution < 1.29 is 17.6 Å². The molecule has 7 heteroatoms. The van der Waals surface area contributed by atoms with Gasteiger partial charge in [0.15, 0.2) is 5.76 Å². The zero-order valence-electron chi connectivity index (χ0n) is 16.1. The standard InChI is InChI=1S/C19H26N2O4S/c1-12-9-14(19(3,4)5)10-17(13(12)2)26(23,24)21-11-15-7-8-16(25-15)18(22)20-6/h7-10,21H,11H2,1-6H3,(H,20,22). The monoisotopic (exact) mass is 378 g/mol. The van der Waals surface area contributed by atoms with E-state index in [-0.39, 0.29) is 28.5 Å². The second-order valence-electron chi connectivity index (χ2n) is 7.34. The van der Waals surface area contributed by atoms with Crippen LogP contribution in [0.5, 0.6) is 0 Å². The lowest BCUT2D eigenvalue weighted by atomic mass is 9.85. The number of nitrogens with one attached hydrogen (secondary N) is 2. The summed E-state index contributed by atoms with van der Waals surface area (Å²) >= 11 is 0. The minimum atomic E-state index is -3.72. The maximum Gasteiger partial charge on any atom is 0.286 e.